The molecular weight excluding hydrogens is 472 g/mol. The van der Waals surface area contributed by atoms with E-state index in [1.807, 2.05) is 0 Å². The van der Waals surface area contributed by atoms with Crippen LogP contribution in [0.15, 0.2) is 41.2 Å². The average molecular weight is 494 g/mol. The number of hydrogen-bond acceptors (Lipinski definition) is 4. The Hall–Kier alpha value is -4.16. The fraction of sp³-hybridized carbons (Fsp3) is 0.273. The van der Waals surface area contributed by atoms with Gasteiger partial charge in [0.15, 0.2) is 0 Å². The lowest BCUT2D eigenvalue weighted by atomic mass is 10.1. The van der Waals surface area contributed by atoms with Crippen molar-refractivity contribution in [1.82, 2.24) is 14.9 Å². The largest absolute Gasteiger partial charge is 0.416 e. The fourth-order valence-electron chi connectivity index (χ4n) is 3.23. The van der Waals surface area contributed by atoms with Crippen molar-refractivity contribution in [2.24, 2.45) is 5.73 Å². The van der Waals surface area contributed by atoms with E-state index in [0.717, 1.165) is 4.57 Å². The smallest absolute Gasteiger partial charge is 0.351 e. The van der Waals surface area contributed by atoms with Crippen LogP contribution >= 0.6 is 0 Å². The third-order valence-corrected chi connectivity index (χ3v) is 4.64. The second kappa shape index (κ2) is 9.24. The van der Waals surface area contributed by atoms with Crippen molar-refractivity contribution >= 4 is 34.6 Å². The monoisotopic (exact) mass is 494 g/mol. The molecule has 35 heavy (non-hydrogen) atoms. The summed E-state index contributed by atoms with van der Waals surface area (Å²) in [5, 5.41) is 7.34. The number of hydrogen-bond donors (Lipinski definition) is 4. The van der Waals surface area contributed by atoms with Crippen molar-refractivity contribution in [2.45, 2.75) is 39.0 Å². The SMILES string of the molecule is CC(C)(C)NC(=O)Nc1ccc2c(c1)nc(NC(N)=O)c(=O)n2Cc1cc(C(F)(F)F)ccc1F. The van der Waals surface area contributed by atoms with E-state index < -0.39 is 58.6 Å². The van der Waals surface area contributed by atoms with Gasteiger partial charge in [-0.15, -0.1) is 0 Å². The van der Waals surface area contributed by atoms with Crippen LogP contribution in [0.1, 0.15) is 31.9 Å². The minimum Gasteiger partial charge on any atom is -0.351 e. The molecule has 0 spiro atoms. The number of nitrogens with two attached hydrogens (primary N) is 1. The number of amides is 4. The van der Waals surface area contributed by atoms with E-state index in [9.17, 15) is 31.9 Å². The van der Waals surface area contributed by atoms with E-state index in [1.54, 1.807) is 20.8 Å². The Labute approximate surface area is 196 Å². The van der Waals surface area contributed by atoms with Gasteiger partial charge in [0.05, 0.1) is 23.1 Å². The third kappa shape index (κ3) is 6.25. The van der Waals surface area contributed by atoms with Gasteiger partial charge < -0.3 is 16.4 Å². The molecule has 0 aliphatic heterocycles. The zero-order chi connectivity index (χ0) is 26.1. The Morgan fingerprint density at radius 1 is 1.06 bits per heavy atom. The molecule has 0 aliphatic rings. The number of rotatable bonds is 4. The molecule has 13 heteroatoms. The van der Waals surface area contributed by atoms with Crippen LogP contribution in [0, 0.1) is 5.82 Å². The molecule has 0 saturated heterocycles. The van der Waals surface area contributed by atoms with Gasteiger partial charge in [-0.2, -0.15) is 13.2 Å². The maximum atomic E-state index is 14.4. The standard InChI is InChI=1S/C22H22F4N6O3/c1-21(2,3)31-20(35)28-13-5-7-16-15(9-13)29-17(30-19(27)34)18(33)32(16)10-11-8-12(22(24,25)26)4-6-14(11)23/h4-9H,10H2,1-3H3,(H2,28,31,35)(H3,27,29,30,34). The normalized spacial score (nSPS) is 11.9. The fourth-order valence-corrected chi connectivity index (χ4v) is 3.23. The van der Waals surface area contributed by atoms with Crippen molar-refractivity contribution in [3.8, 4) is 0 Å². The molecule has 9 nitrogen and oxygen atoms in total. The number of alkyl halides is 3. The van der Waals surface area contributed by atoms with Crippen LogP contribution in [0.25, 0.3) is 11.0 Å². The van der Waals surface area contributed by atoms with E-state index in [2.05, 4.69) is 20.9 Å². The number of carbonyl (C=O) groups excluding carboxylic acids is 2. The number of fused-ring (bicyclic) bond motifs is 1. The number of urea groups is 2. The number of benzene rings is 2. The Bertz CT molecular complexity index is 1360. The summed E-state index contributed by atoms with van der Waals surface area (Å²) < 4.78 is 54.7. The quantitative estimate of drug-likeness (QED) is 0.408. The first-order valence-electron chi connectivity index (χ1n) is 10.2. The lowest BCUT2D eigenvalue weighted by Gasteiger charge is -2.21. The van der Waals surface area contributed by atoms with E-state index in [0.29, 0.717) is 18.2 Å². The molecule has 0 aliphatic carbocycles. The molecule has 1 aromatic heterocycles. The maximum absolute atomic E-state index is 14.4. The first kappa shape index (κ1) is 25.5. The predicted molar refractivity (Wildman–Crippen MR) is 122 cm³/mol. The van der Waals surface area contributed by atoms with Gasteiger partial charge in [0, 0.05) is 16.8 Å². The minimum atomic E-state index is -4.72. The van der Waals surface area contributed by atoms with Crippen molar-refractivity contribution < 1.29 is 27.2 Å². The van der Waals surface area contributed by atoms with Gasteiger partial charge in [0.25, 0.3) is 5.56 Å². The molecule has 3 rings (SSSR count). The van der Waals surface area contributed by atoms with Crippen LogP contribution in [0.3, 0.4) is 0 Å². The number of nitrogens with one attached hydrogen (secondary N) is 3. The van der Waals surface area contributed by atoms with Crippen molar-refractivity contribution in [2.75, 3.05) is 10.6 Å². The van der Waals surface area contributed by atoms with E-state index in [-0.39, 0.29) is 16.7 Å². The second-order valence-electron chi connectivity index (χ2n) is 8.68. The molecule has 2 aromatic carbocycles. The number of nitrogens with zero attached hydrogens (tertiary/aromatic N) is 2. The van der Waals surface area contributed by atoms with Crippen LogP contribution in [0.4, 0.5) is 38.7 Å². The molecule has 0 unspecified atom stereocenters. The van der Waals surface area contributed by atoms with Crippen LogP contribution in [0.5, 0.6) is 0 Å². The Morgan fingerprint density at radius 3 is 2.34 bits per heavy atom. The first-order chi connectivity index (χ1) is 16.1. The summed E-state index contributed by atoms with van der Waals surface area (Å²) in [5.41, 5.74) is 2.62. The van der Waals surface area contributed by atoms with Crippen LogP contribution in [-0.2, 0) is 12.7 Å². The molecule has 0 saturated carbocycles. The van der Waals surface area contributed by atoms with Crippen LogP contribution in [-0.4, -0.2) is 27.2 Å². The summed E-state index contributed by atoms with van der Waals surface area (Å²) >= 11 is 0. The lowest BCUT2D eigenvalue weighted by molar-refractivity contribution is -0.137. The summed E-state index contributed by atoms with van der Waals surface area (Å²) in [5.74, 6) is -1.48. The van der Waals surface area contributed by atoms with Crippen molar-refractivity contribution in [3.05, 3.63) is 63.7 Å². The first-order valence-corrected chi connectivity index (χ1v) is 10.2. The molecule has 3 aromatic rings. The molecule has 0 atom stereocenters. The van der Waals surface area contributed by atoms with Crippen LogP contribution < -0.4 is 27.2 Å². The summed E-state index contributed by atoms with van der Waals surface area (Å²) in [4.78, 5) is 40.5. The summed E-state index contributed by atoms with van der Waals surface area (Å²) in [6.45, 7) is 4.74. The van der Waals surface area contributed by atoms with E-state index in [4.69, 9.17) is 5.73 Å². The van der Waals surface area contributed by atoms with Crippen molar-refractivity contribution in [1.29, 1.82) is 0 Å². The molecule has 0 fully saturated rings. The van der Waals surface area contributed by atoms with E-state index in [1.165, 1.54) is 18.2 Å². The van der Waals surface area contributed by atoms with E-state index >= 15 is 0 Å². The molecule has 1 heterocycles. The molecule has 186 valence electrons. The highest BCUT2D eigenvalue weighted by Crippen LogP contribution is 2.31. The Morgan fingerprint density at radius 2 is 1.74 bits per heavy atom. The molecular formula is C22H22F4N6O3. The number of primary amides is 1. The van der Waals surface area contributed by atoms with Gasteiger partial charge in [-0.05, 0) is 57.2 Å². The topological polar surface area (TPSA) is 131 Å². The number of halogens is 4. The van der Waals surface area contributed by atoms with Gasteiger partial charge in [-0.3, -0.25) is 14.7 Å². The van der Waals surface area contributed by atoms with Gasteiger partial charge in [-0.1, -0.05) is 0 Å². The predicted octanol–water partition coefficient (Wildman–Crippen LogP) is 4.01. The summed E-state index contributed by atoms with van der Waals surface area (Å²) in [7, 11) is 0. The number of aromatic nitrogens is 2. The molecule has 0 bridgehead atoms. The zero-order valence-corrected chi connectivity index (χ0v) is 18.9. The van der Waals surface area contributed by atoms with Crippen molar-refractivity contribution in [3.63, 3.8) is 0 Å². The van der Waals surface area contributed by atoms with Gasteiger partial charge in [0.2, 0.25) is 5.82 Å². The number of anilines is 2. The molecule has 0 radical (unpaired) electrons. The zero-order valence-electron chi connectivity index (χ0n) is 18.9. The third-order valence-electron chi connectivity index (χ3n) is 4.64. The Kier molecular flexibility index (Phi) is 6.72. The average Bonchev–Trinajstić information content (AvgIpc) is 2.69. The summed E-state index contributed by atoms with van der Waals surface area (Å²) in [6.07, 6.45) is -4.72. The summed E-state index contributed by atoms with van der Waals surface area (Å²) in [6, 6.07) is 4.42. The highest BCUT2D eigenvalue weighted by atomic mass is 19.4. The van der Waals surface area contributed by atoms with Crippen LogP contribution in [0.2, 0.25) is 0 Å². The minimum absolute atomic E-state index is 0.0780. The lowest BCUT2D eigenvalue weighted by Crippen LogP contribution is -2.43. The highest BCUT2D eigenvalue weighted by molar-refractivity contribution is 5.93. The molecule has 4 amide bonds. The van der Waals surface area contributed by atoms with Gasteiger partial charge >= 0.3 is 18.2 Å². The maximum Gasteiger partial charge on any atom is 0.416 e. The number of carbonyl (C=O) groups is 2. The molecule has 5 N–H and O–H groups in total. The van der Waals surface area contributed by atoms with Gasteiger partial charge in [-0.25, -0.2) is 19.0 Å². The Balaban J connectivity index is 2.11. The second-order valence-corrected chi connectivity index (χ2v) is 8.68. The highest BCUT2D eigenvalue weighted by Gasteiger charge is 2.31. The van der Waals surface area contributed by atoms with Gasteiger partial charge in [0.1, 0.15) is 5.82 Å².